The predicted molar refractivity (Wildman–Crippen MR) is 186 cm³/mol. The van der Waals surface area contributed by atoms with Crippen LogP contribution in [0, 0.1) is 0 Å². The van der Waals surface area contributed by atoms with Gasteiger partial charge in [-0.25, -0.2) is 4.57 Å². The quantitative estimate of drug-likeness (QED) is 0.0850. The second kappa shape index (κ2) is 14.8. The maximum atomic E-state index is 3.57. The van der Waals surface area contributed by atoms with Crippen molar-refractivity contribution in [2.45, 2.75) is 27.3 Å². The molecule has 42 heavy (non-hydrogen) atoms. The molecule has 0 saturated heterocycles. The molecular weight excluding hydrogens is 553 g/mol. The zero-order chi connectivity index (χ0) is 29.2. The summed E-state index contributed by atoms with van der Waals surface area (Å²) in [6.07, 6.45) is 16.0. The minimum atomic E-state index is 0.961. The van der Waals surface area contributed by atoms with Crippen molar-refractivity contribution in [2.24, 2.45) is 0 Å². The van der Waals surface area contributed by atoms with E-state index in [4.69, 9.17) is 0 Å². The van der Waals surface area contributed by atoms with Crippen LogP contribution in [0.3, 0.4) is 0 Å². The number of pyridine rings is 1. The first kappa shape index (κ1) is 30.3. The summed E-state index contributed by atoms with van der Waals surface area (Å²) in [6, 6.07) is 22.0. The van der Waals surface area contributed by atoms with Gasteiger partial charge in [0.1, 0.15) is 19.6 Å². The van der Waals surface area contributed by atoms with Crippen LogP contribution in [0.4, 0.5) is 11.4 Å². The predicted octanol–water partition coefficient (Wildman–Crippen LogP) is 8.15. The van der Waals surface area contributed by atoms with Crippen LogP contribution in [0.25, 0.3) is 17.7 Å². The van der Waals surface area contributed by atoms with Gasteiger partial charge in [-0.1, -0.05) is 51.9 Å². The molecule has 0 radical (unpaired) electrons. The third kappa shape index (κ3) is 8.21. The van der Waals surface area contributed by atoms with E-state index < -0.39 is 0 Å². The van der Waals surface area contributed by atoms with Gasteiger partial charge in [-0.05, 0) is 91.1 Å². The molecule has 3 aliphatic heterocycles. The van der Waals surface area contributed by atoms with Crippen molar-refractivity contribution in [1.29, 1.82) is 0 Å². The van der Waals surface area contributed by atoms with Gasteiger partial charge in [-0.3, -0.25) is 4.48 Å². The Morgan fingerprint density at radius 1 is 0.857 bits per heavy atom. The molecule has 0 unspecified atom stereocenters. The number of benzene rings is 2. The minimum absolute atomic E-state index is 0.961. The fourth-order valence-corrected chi connectivity index (χ4v) is 7.17. The number of quaternary nitrogens is 1. The SMILES string of the molecule is CC[n+]1ccc(/C(C)=C/c2ccc(NCCSSCCNc3ccc(/C=C4\C[N@@+]5(CC)C=CC4=CC5)cc3)cc2)cc1. The van der Waals surface area contributed by atoms with Gasteiger partial charge in [0.15, 0.2) is 12.4 Å². The maximum absolute atomic E-state index is 3.57. The van der Waals surface area contributed by atoms with Crippen LogP contribution < -0.4 is 15.2 Å². The summed E-state index contributed by atoms with van der Waals surface area (Å²) in [5.74, 6) is 2.15. The van der Waals surface area contributed by atoms with Crippen molar-refractivity contribution in [1.82, 2.24) is 0 Å². The molecule has 0 spiro atoms. The highest BCUT2D eigenvalue weighted by atomic mass is 33.1. The summed E-state index contributed by atoms with van der Waals surface area (Å²) in [7, 11) is 3.86. The molecule has 2 bridgehead atoms. The van der Waals surface area contributed by atoms with Crippen LogP contribution >= 0.6 is 21.6 Å². The Hall–Kier alpha value is -3.19. The molecule has 0 aliphatic carbocycles. The van der Waals surface area contributed by atoms with E-state index in [9.17, 15) is 0 Å². The highest BCUT2D eigenvalue weighted by molar-refractivity contribution is 8.76. The van der Waals surface area contributed by atoms with E-state index in [1.54, 1.807) is 0 Å². The maximum Gasteiger partial charge on any atom is 0.169 e. The van der Waals surface area contributed by atoms with Crippen LogP contribution in [-0.2, 0) is 6.54 Å². The van der Waals surface area contributed by atoms with Crippen LogP contribution in [0.5, 0.6) is 0 Å². The van der Waals surface area contributed by atoms with E-state index in [0.29, 0.717) is 0 Å². The van der Waals surface area contributed by atoms with Gasteiger partial charge in [-0.2, -0.15) is 0 Å². The number of hydrogen-bond donors (Lipinski definition) is 2. The van der Waals surface area contributed by atoms with Crippen molar-refractivity contribution in [2.75, 3.05) is 54.9 Å². The monoisotopic (exact) mass is 596 g/mol. The number of anilines is 2. The first-order chi connectivity index (χ1) is 20.6. The Kier molecular flexibility index (Phi) is 10.7. The number of hydrogen-bond acceptors (Lipinski definition) is 4. The average Bonchev–Trinajstić information content (AvgIpc) is 3.04. The number of likely N-dealkylation sites (N-methyl/N-ethyl adjacent to an activating group) is 1. The molecule has 0 saturated carbocycles. The molecule has 1 atom stereocenters. The summed E-state index contributed by atoms with van der Waals surface area (Å²) in [4.78, 5) is 0. The van der Waals surface area contributed by atoms with Gasteiger partial charge in [0.2, 0.25) is 0 Å². The summed E-state index contributed by atoms with van der Waals surface area (Å²) in [6.45, 7) is 12.9. The third-order valence-electron chi connectivity index (χ3n) is 8.10. The summed E-state index contributed by atoms with van der Waals surface area (Å²) >= 11 is 0. The second-order valence-corrected chi connectivity index (χ2v) is 13.7. The Morgan fingerprint density at radius 3 is 2.02 bits per heavy atom. The summed E-state index contributed by atoms with van der Waals surface area (Å²) in [5.41, 5.74) is 10.3. The van der Waals surface area contributed by atoms with Crippen molar-refractivity contribution in [3.63, 3.8) is 0 Å². The Balaban J connectivity index is 0.958. The van der Waals surface area contributed by atoms with Gasteiger partial charge in [0, 0.05) is 53.7 Å². The Morgan fingerprint density at radius 2 is 1.48 bits per heavy atom. The van der Waals surface area contributed by atoms with Gasteiger partial charge in [0.25, 0.3) is 0 Å². The Bertz CT molecular complexity index is 1440. The van der Waals surface area contributed by atoms with E-state index in [-0.39, 0.29) is 0 Å². The zero-order valence-corrected chi connectivity index (χ0v) is 26.8. The molecule has 2 aromatic carbocycles. The highest BCUT2D eigenvalue weighted by Gasteiger charge is 2.32. The first-order valence-corrected chi connectivity index (χ1v) is 17.6. The number of nitrogens with zero attached hydrogens (tertiary/aromatic N) is 2. The van der Waals surface area contributed by atoms with Crippen molar-refractivity contribution in [3.05, 3.63) is 119 Å². The highest BCUT2D eigenvalue weighted by Crippen LogP contribution is 2.32. The van der Waals surface area contributed by atoms with E-state index in [2.05, 4.69) is 140 Å². The fourth-order valence-electron chi connectivity index (χ4n) is 5.36. The number of nitrogens with one attached hydrogen (secondary N) is 2. The molecule has 0 fully saturated rings. The molecule has 3 aliphatic rings. The number of rotatable bonds is 14. The lowest BCUT2D eigenvalue weighted by Crippen LogP contribution is -2.48. The molecule has 4 heterocycles. The standard InChI is InChI=1S/C36H43N4S2/c1-4-39-20-14-32(15-21-39)29(3)26-30-6-10-35(11-7-30)37-18-24-41-42-25-19-38-36-12-8-31(9-13-36)27-34-28-40(5-2)22-16-33(34)17-23-40/h6-17,20-22,26-27,38H,4-5,18-19,23-25,28H2,1-3H3/q+1/p+1/b34-27+/t40-/m0/s1. The molecule has 6 rings (SSSR count). The van der Waals surface area contributed by atoms with E-state index in [1.165, 1.54) is 44.8 Å². The first-order valence-electron chi connectivity index (χ1n) is 15.1. The zero-order valence-electron chi connectivity index (χ0n) is 25.2. The lowest BCUT2D eigenvalue weighted by Gasteiger charge is -2.40. The van der Waals surface area contributed by atoms with E-state index >= 15 is 0 Å². The number of aromatic nitrogens is 1. The molecule has 3 aromatic rings. The smallest absolute Gasteiger partial charge is 0.169 e. The van der Waals surface area contributed by atoms with E-state index in [1.807, 2.05) is 21.6 Å². The van der Waals surface area contributed by atoms with Crippen molar-refractivity contribution >= 4 is 50.7 Å². The number of fused-ring (bicyclic) bond motifs is 2. The van der Waals surface area contributed by atoms with Gasteiger partial charge in [0.05, 0.1) is 12.7 Å². The molecule has 218 valence electrons. The molecule has 1 aromatic heterocycles. The average molecular weight is 597 g/mol. The molecule has 0 amide bonds. The normalized spacial score (nSPS) is 18.8. The lowest BCUT2D eigenvalue weighted by atomic mass is 9.93. The third-order valence-corrected chi connectivity index (χ3v) is 10.5. The number of allylic oxidation sites excluding steroid dienone is 2. The molecular formula is C36H44N4S2+2. The minimum Gasteiger partial charge on any atom is -0.384 e. The van der Waals surface area contributed by atoms with Gasteiger partial charge >= 0.3 is 0 Å². The van der Waals surface area contributed by atoms with Crippen LogP contribution in [0.15, 0.2) is 103 Å². The molecule has 6 heteroatoms. The fraction of sp³-hybridized carbons (Fsp3) is 0.306. The Labute approximate surface area is 260 Å². The largest absolute Gasteiger partial charge is 0.384 e. The molecule has 4 nitrogen and oxygen atoms in total. The summed E-state index contributed by atoms with van der Waals surface area (Å²) < 4.78 is 3.24. The van der Waals surface area contributed by atoms with Crippen molar-refractivity contribution in [3.8, 4) is 0 Å². The number of aryl methyl sites for hydroxylation is 1. The van der Waals surface area contributed by atoms with Gasteiger partial charge in [-0.15, -0.1) is 0 Å². The van der Waals surface area contributed by atoms with E-state index in [0.717, 1.165) is 55.3 Å². The van der Waals surface area contributed by atoms with Crippen LogP contribution in [0.2, 0.25) is 0 Å². The second-order valence-electron chi connectivity index (χ2n) is 11.0. The lowest BCUT2D eigenvalue weighted by molar-refractivity contribution is -0.869. The topological polar surface area (TPSA) is 27.9 Å². The van der Waals surface area contributed by atoms with Crippen molar-refractivity contribution < 1.29 is 9.05 Å². The van der Waals surface area contributed by atoms with Crippen LogP contribution in [0.1, 0.15) is 37.5 Å². The van der Waals surface area contributed by atoms with Crippen LogP contribution in [-0.4, -0.2) is 48.7 Å². The summed E-state index contributed by atoms with van der Waals surface area (Å²) in [5, 5.41) is 7.12. The van der Waals surface area contributed by atoms with Gasteiger partial charge < -0.3 is 10.6 Å². The molecule has 2 N–H and O–H groups in total.